The van der Waals surface area contributed by atoms with Gasteiger partial charge < -0.3 is 5.32 Å². The van der Waals surface area contributed by atoms with Gasteiger partial charge in [0.15, 0.2) is 5.78 Å². The fraction of sp³-hybridized carbons (Fsp3) is 0.500. The van der Waals surface area contributed by atoms with Crippen LogP contribution in [0.1, 0.15) is 37.0 Å². The fourth-order valence-electron chi connectivity index (χ4n) is 2.65. The van der Waals surface area contributed by atoms with Crippen molar-refractivity contribution in [3.8, 4) is 0 Å². The van der Waals surface area contributed by atoms with E-state index in [4.69, 9.17) is 0 Å². The summed E-state index contributed by atoms with van der Waals surface area (Å²) in [6, 6.07) is 6.74. The number of carbonyl (C=O) groups excluding carboxylic acids is 2. The summed E-state index contributed by atoms with van der Waals surface area (Å²) in [6.07, 6.45) is 1.33. The lowest BCUT2D eigenvalue weighted by molar-refractivity contribution is -0.120. The summed E-state index contributed by atoms with van der Waals surface area (Å²) in [7, 11) is -3.27. The van der Waals surface area contributed by atoms with Gasteiger partial charge >= 0.3 is 0 Å². The Morgan fingerprint density at radius 1 is 1.35 bits per heavy atom. The Balaban J connectivity index is 2.06. The number of nitrogens with one attached hydrogen (secondary N) is 1. The molecule has 1 N–H and O–H groups in total. The summed E-state index contributed by atoms with van der Waals surface area (Å²) in [5, 5.41) is 2.78. The normalized spacial score (nSPS) is 19.3. The lowest BCUT2D eigenvalue weighted by atomic mass is 9.98. The maximum Gasteiger partial charge on any atom is 0.228 e. The van der Waals surface area contributed by atoms with Crippen molar-refractivity contribution in [1.29, 1.82) is 0 Å². The van der Waals surface area contributed by atoms with Crippen LogP contribution < -0.4 is 5.32 Å². The highest BCUT2D eigenvalue weighted by atomic mass is 32.2. The van der Waals surface area contributed by atoms with E-state index in [0.29, 0.717) is 30.6 Å². The number of nitrogens with zero attached hydrogens (tertiary/aromatic N) is 1. The van der Waals surface area contributed by atoms with Gasteiger partial charge in [-0.05, 0) is 38.8 Å². The van der Waals surface area contributed by atoms with Gasteiger partial charge in [-0.25, -0.2) is 12.7 Å². The third-order valence-corrected chi connectivity index (χ3v) is 5.90. The number of hydrogen-bond acceptors (Lipinski definition) is 4. The summed E-state index contributed by atoms with van der Waals surface area (Å²) in [6.45, 7) is 3.76. The zero-order valence-electron chi connectivity index (χ0n) is 13.4. The van der Waals surface area contributed by atoms with Crippen LogP contribution in [0.2, 0.25) is 0 Å². The number of rotatable bonds is 5. The van der Waals surface area contributed by atoms with Gasteiger partial charge in [0.05, 0.1) is 11.7 Å². The molecular weight excluding hydrogens is 316 g/mol. The number of Topliss-reactive ketones (excluding diaryl/α,β-unsaturated/α-hetero) is 1. The summed E-state index contributed by atoms with van der Waals surface area (Å²) in [4.78, 5) is 23.8. The molecule has 1 unspecified atom stereocenters. The highest BCUT2D eigenvalue weighted by Crippen LogP contribution is 2.21. The molecule has 0 aromatic heterocycles. The van der Waals surface area contributed by atoms with Crippen LogP contribution in [0, 0.1) is 5.92 Å². The first kappa shape index (κ1) is 17.6. The van der Waals surface area contributed by atoms with Gasteiger partial charge in [0.25, 0.3) is 0 Å². The fourth-order valence-corrected chi connectivity index (χ4v) is 3.83. The first-order valence-electron chi connectivity index (χ1n) is 7.73. The van der Waals surface area contributed by atoms with Crippen LogP contribution in [-0.2, 0) is 14.8 Å². The molecule has 0 bridgehead atoms. The lowest BCUT2D eigenvalue weighted by Crippen LogP contribution is -2.44. The third kappa shape index (κ3) is 4.39. The molecule has 2 rings (SSSR count). The molecule has 126 valence electrons. The van der Waals surface area contributed by atoms with Crippen molar-refractivity contribution >= 4 is 27.4 Å². The van der Waals surface area contributed by atoms with Crippen LogP contribution in [0.5, 0.6) is 0 Å². The monoisotopic (exact) mass is 338 g/mol. The zero-order valence-corrected chi connectivity index (χ0v) is 14.2. The van der Waals surface area contributed by atoms with E-state index in [1.807, 2.05) is 0 Å². The molecule has 1 saturated heterocycles. The molecule has 1 atom stereocenters. The molecule has 1 fully saturated rings. The summed E-state index contributed by atoms with van der Waals surface area (Å²) < 4.78 is 25.3. The molecule has 7 heteroatoms. The second-order valence-electron chi connectivity index (χ2n) is 5.72. The van der Waals surface area contributed by atoms with Crippen LogP contribution >= 0.6 is 0 Å². The van der Waals surface area contributed by atoms with Crippen LogP contribution in [0.15, 0.2) is 24.3 Å². The average Bonchev–Trinajstić information content (AvgIpc) is 2.55. The van der Waals surface area contributed by atoms with Crippen LogP contribution in [0.25, 0.3) is 0 Å². The summed E-state index contributed by atoms with van der Waals surface area (Å²) in [5.74, 6) is -0.603. The first-order valence-corrected chi connectivity index (χ1v) is 9.34. The predicted molar refractivity (Wildman–Crippen MR) is 88.8 cm³/mol. The van der Waals surface area contributed by atoms with E-state index in [1.165, 1.54) is 11.2 Å². The van der Waals surface area contributed by atoms with Gasteiger partial charge in [0.1, 0.15) is 0 Å². The molecular formula is C16H22N2O4S. The molecule has 23 heavy (non-hydrogen) atoms. The molecule has 1 aromatic rings. The molecule has 0 radical (unpaired) electrons. The van der Waals surface area contributed by atoms with Crippen molar-refractivity contribution in [2.24, 2.45) is 5.92 Å². The average molecular weight is 338 g/mol. The molecule has 1 amide bonds. The molecule has 0 saturated carbocycles. The Morgan fingerprint density at radius 3 is 2.74 bits per heavy atom. The maximum atomic E-state index is 12.4. The van der Waals surface area contributed by atoms with Gasteiger partial charge in [-0.1, -0.05) is 12.1 Å². The molecule has 1 aromatic carbocycles. The predicted octanol–water partition coefficient (Wildman–Crippen LogP) is 1.89. The quantitative estimate of drug-likeness (QED) is 0.831. The largest absolute Gasteiger partial charge is 0.326 e. The SMILES string of the molecule is CCS(=O)(=O)N1CCCC(C(=O)Nc2cccc(C(C)=O)c2)C1. The molecule has 0 spiro atoms. The Kier molecular flexibility index (Phi) is 5.54. The van der Waals surface area contributed by atoms with Crippen molar-refractivity contribution in [1.82, 2.24) is 4.31 Å². The number of amides is 1. The Bertz CT molecular complexity index is 700. The number of hydrogen-bond donors (Lipinski definition) is 1. The Labute approximate surface area is 136 Å². The minimum atomic E-state index is -3.27. The maximum absolute atomic E-state index is 12.4. The van der Waals surface area contributed by atoms with Crippen LogP contribution in [-0.4, -0.2) is 43.3 Å². The van der Waals surface area contributed by atoms with E-state index in [0.717, 1.165) is 0 Å². The van der Waals surface area contributed by atoms with Crippen molar-refractivity contribution < 1.29 is 18.0 Å². The van der Waals surface area contributed by atoms with Crippen LogP contribution in [0.4, 0.5) is 5.69 Å². The molecule has 0 aliphatic carbocycles. The standard InChI is InChI=1S/C16H22N2O4S/c1-3-23(21,22)18-9-5-7-14(11-18)16(20)17-15-8-4-6-13(10-15)12(2)19/h4,6,8,10,14H,3,5,7,9,11H2,1-2H3,(H,17,20). The number of ketones is 1. The lowest BCUT2D eigenvalue weighted by Gasteiger charge is -2.30. The second kappa shape index (κ2) is 7.23. The molecule has 1 aliphatic heterocycles. The number of benzene rings is 1. The Hall–Kier alpha value is -1.73. The van der Waals surface area contributed by atoms with Crippen molar-refractivity contribution in [3.63, 3.8) is 0 Å². The molecule has 6 nitrogen and oxygen atoms in total. The van der Waals surface area contributed by atoms with E-state index in [-0.39, 0.29) is 29.9 Å². The van der Waals surface area contributed by atoms with Gasteiger partial charge in [0.2, 0.25) is 15.9 Å². The van der Waals surface area contributed by atoms with E-state index >= 15 is 0 Å². The van der Waals surface area contributed by atoms with E-state index in [9.17, 15) is 18.0 Å². The number of anilines is 1. The second-order valence-corrected chi connectivity index (χ2v) is 7.98. The van der Waals surface area contributed by atoms with Crippen molar-refractivity contribution in [2.75, 3.05) is 24.2 Å². The van der Waals surface area contributed by atoms with E-state index in [2.05, 4.69) is 5.32 Å². The molecule has 1 aliphatic rings. The topological polar surface area (TPSA) is 83.6 Å². The third-order valence-electron chi connectivity index (χ3n) is 4.05. The van der Waals surface area contributed by atoms with E-state index < -0.39 is 10.0 Å². The summed E-state index contributed by atoms with van der Waals surface area (Å²) >= 11 is 0. The molecule has 1 heterocycles. The number of sulfonamides is 1. The van der Waals surface area contributed by atoms with Gasteiger partial charge in [-0.3, -0.25) is 9.59 Å². The van der Waals surface area contributed by atoms with Crippen LogP contribution in [0.3, 0.4) is 0 Å². The number of piperidine rings is 1. The highest BCUT2D eigenvalue weighted by Gasteiger charge is 2.31. The highest BCUT2D eigenvalue weighted by molar-refractivity contribution is 7.89. The summed E-state index contributed by atoms with van der Waals surface area (Å²) in [5.41, 5.74) is 1.08. The minimum absolute atomic E-state index is 0.0436. The zero-order chi connectivity index (χ0) is 17.0. The minimum Gasteiger partial charge on any atom is -0.326 e. The van der Waals surface area contributed by atoms with Gasteiger partial charge in [-0.15, -0.1) is 0 Å². The number of carbonyl (C=O) groups is 2. The van der Waals surface area contributed by atoms with E-state index in [1.54, 1.807) is 31.2 Å². The van der Waals surface area contributed by atoms with Crippen molar-refractivity contribution in [3.05, 3.63) is 29.8 Å². The van der Waals surface area contributed by atoms with Crippen molar-refractivity contribution in [2.45, 2.75) is 26.7 Å². The Morgan fingerprint density at radius 2 is 2.09 bits per heavy atom. The smallest absolute Gasteiger partial charge is 0.228 e. The van der Waals surface area contributed by atoms with Gasteiger partial charge in [0, 0.05) is 24.3 Å². The van der Waals surface area contributed by atoms with Gasteiger partial charge in [-0.2, -0.15) is 0 Å². The first-order chi connectivity index (χ1) is 10.8.